The first-order chi connectivity index (χ1) is 11.5. The van der Waals surface area contributed by atoms with Crippen molar-refractivity contribution >= 4 is 23.2 Å². The first-order valence-electron chi connectivity index (χ1n) is 8.06. The quantitative estimate of drug-likeness (QED) is 0.932. The van der Waals surface area contributed by atoms with Crippen LogP contribution in [0.3, 0.4) is 0 Å². The van der Waals surface area contributed by atoms with Crippen molar-refractivity contribution < 1.29 is 9.59 Å². The Balaban J connectivity index is 1.87. The second-order valence-corrected chi connectivity index (χ2v) is 7.26. The molecule has 24 heavy (non-hydrogen) atoms. The molecule has 0 fully saturated rings. The fourth-order valence-corrected chi connectivity index (χ4v) is 4.32. The molecule has 0 saturated heterocycles. The third kappa shape index (κ3) is 3.06. The summed E-state index contributed by atoms with van der Waals surface area (Å²) < 4.78 is 0. The van der Waals surface area contributed by atoms with Crippen LogP contribution in [0.15, 0.2) is 24.3 Å². The molecule has 0 unspecified atom stereocenters. The van der Waals surface area contributed by atoms with Gasteiger partial charge in [-0.1, -0.05) is 6.07 Å². The van der Waals surface area contributed by atoms with E-state index in [2.05, 4.69) is 10.3 Å². The SMILES string of the molecule is CNC(=O)c1cccc(C(=O)N(C)[C@H]2CCCc3nc(C)sc32)c1. The number of thiazole rings is 1. The van der Waals surface area contributed by atoms with Crippen molar-refractivity contribution in [3.63, 3.8) is 0 Å². The number of carbonyl (C=O) groups excluding carboxylic acids is 2. The summed E-state index contributed by atoms with van der Waals surface area (Å²) in [6.07, 6.45) is 2.98. The maximum absolute atomic E-state index is 12.9. The summed E-state index contributed by atoms with van der Waals surface area (Å²) in [6, 6.07) is 6.93. The average Bonchev–Trinajstić information content (AvgIpc) is 2.99. The lowest BCUT2D eigenvalue weighted by atomic mass is 9.96. The number of fused-ring (bicyclic) bond motifs is 1. The van der Waals surface area contributed by atoms with Crippen molar-refractivity contribution in [2.45, 2.75) is 32.2 Å². The van der Waals surface area contributed by atoms with E-state index in [1.54, 1.807) is 47.5 Å². The van der Waals surface area contributed by atoms with Crippen LogP contribution in [0.4, 0.5) is 0 Å². The number of benzene rings is 1. The van der Waals surface area contributed by atoms with E-state index in [1.165, 1.54) is 4.88 Å². The fraction of sp³-hybridized carbons (Fsp3) is 0.389. The van der Waals surface area contributed by atoms with Crippen LogP contribution in [-0.4, -0.2) is 35.8 Å². The monoisotopic (exact) mass is 343 g/mol. The number of rotatable bonds is 3. The van der Waals surface area contributed by atoms with Gasteiger partial charge in [0.25, 0.3) is 11.8 Å². The predicted octanol–water partition coefficient (Wildman–Crippen LogP) is 2.96. The zero-order chi connectivity index (χ0) is 17.3. The van der Waals surface area contributed by atoms with Gasteiger partial charge in [0, 0.05) is 25.2 Å². The van der Waals surface area contributed by atoms with Crippen molar-refractivity contribution in [2.75, 3.05) is 14.1 Å². The number of nitrogens with one attached hydrogen (secondary N) is 1. The normalized spacial score (nSPS) is 16.4. The summed E-state index contributed by atoms with van der Waals surface area (Å²) in [5.41, 5.74) is 2.16. The average molecular weight is 343 g/mol. The molecule has 1 atom stereocenters. The summed E-state index contributed by atoms with van der Waals surface area (Å²) >= 11 is 1.68. The minimum Gasteiger partial charge on any atom is -0.355 e. The number of hydrogen-bond donors (Lipinski definition) is 1. The highest BCUT2D eigenvalue weighted by molar-refractivity contribution is 7.11. The van der Waals surface area contributed by atoms with Crippen LogP contribution >= 0.6 is 11.3 Å². The van der Waals surface area contributed by atoms with Gasteiger partial charge in [0.2, 0.25) is 0 Å². The number of hydrogen-bond acceptors (Lipinski definition) is 4. The van der Waals surface area contributed by atoms with Crippen LogP contribution in [0, 0.1) is 6.92 Å². The Hall–Kier alpha value is -2.21. The van der Waals surface area contributed by atoms with E-state index in [0.29, 0.717) is 11.1 Å². The molecule has 1 aromatic carbocycles. The number of amides is 2. The standard InChI is InChI=1S/C18H21N3O2S/c1-11-20-14-8-5-9-15(16(14)24-11)21(3)18(23)13-7-4-6-12(10-13)17(22)19-2/h4,6-7,10,15H,5,8-9H2,1-3H3,(H,19,22)/t15-/m0/s1. The Morgan fingerprint density at radius 2 is 2.08 bits per heavy atom. The van der Waals surface area contributed by atoms with Crippen molar-refractivity contribution in [1.29, 1.82) is 0 Å². The number of carbonyl (C=O) groups is 2. The maximum atomic E-state index is 12.9. The third-order valence-electron chi connectivity index (χ3n) is 4.41. The van der Waals surface area contributed by atoms with Crippen molar-refractivity contribution in [1.82, 2.24) is 15.2 Å². The number of aryl methyl sites for hydroxylation is 2. The second-order valence-electron chi connectivity index (χ2n) is 6.03. The van der Waals surface area contributed by atoms with Gasteiger partial charge in [-0.15, -0.1) is 11.3 Å². The van der Waals surface area contributed by atoms with Crippen LogP contribution in [0.2, 0.25) is 0 Å². The van der Waals surface area contributed by atoms with Gasteiger partial charge >= 0.3 is 0 Å². The summed E-state index contributed by atoms with van der Waals surface area (Å²) in [4.78, 5) is 32.3. The molecule has 6 heteroatoms. The van der Waals surface area contributed by atoms with E-state index in [-0.39, 0.29) is 17.9 Å². The van der Waals surface area contributed by atoms with Gasteiger partial charge in [0.1, 0.15) is 0 Å². The van der Waals surface area contributed by atoms with Crippen molar-refractivity contribution in [3.8, 4) is 0 Å². The smallest absolute Gasteiger partial charge is 0.254 e. The predicted molar refractivity (Wildman–Crippen MR) is 94.5 cm³/mol. The van der Waals surface area contributed by atoms with Gasteiger partial charge in [0.15, 0.2) is 0 Å². The van der Waals surface area contributed by atoms with Crippen molar-refractivity contribution in [2.24, 2.45) is 0 Å². The number of nitrogens with zero attached hydrogens (tertiary/aromatic N) is 2. The molecule has 5 nitrogen and oxygen atoms in total. The maximum Gasteiger partial charge on any atom is 0.254 e. The lowest BCUT2D eigenvalue weighted by Crippen LogP contribution is -2.33. The van der Waals surface area contributed by atoms with Crippen LogP contribution in [0.1, 0.15) is 55.2 Å². The fourth-order valence-electron chi connectivity index (χ4n) is 3.17. The first kappa shape index (κ1) is 16.6. The third-order valence-corrected chi connectivity index (χ3v) is 5.53. The summed E-state index contributed by atoms with van der Waals surface area (Å²) in [7, 11) is 3.42. The molecule has 0 radical (unpaired) electrons. The molecule has 0 spiro atoms. The second kappa shape index (κ2) is 6.73. The Labute approximate surface area is 145 Å². The minimum atomic E-state index is -0.190. The van der Waals surface area contributed by atoms with E-state index in [0.717, 1.165) is 30.0 Å². The lowest BCUT2D eigenvalue weighted by molar-refractivity contribution is 0.0718. The molecule has 2 amide bonds. The first-order valence-corrected chi connectivity index (χ1v) is 8.88. The van der Waals surface area contributed by atoms with E-state index in [9.17, 15) is 9.59 Å². The Morgan fingerprint density at radius 1 is 1.33 bits per heavy atom. The van der Waals surface area contributed by atoms with E-state index in [4.69, 9.17) is 0 Å². The molecule has 1 N–H and O–H groups in total. The Bertz CT molecular complexity index is 784. The van der Waals surface area contributed by atoms with Gasteiger partial charge < -0.3 is 10.2 Å². The van der Waals surface area contributed by atoms with Gasteiger partial charge in [0.05, 0.1) is 21.6 Å². The van der Waals surface area contributed by atoms with E-state index < -0.39 is 0 Å². The van der Waals surface area contributed by atoms with Crippen LogP contribution < -0.4 is 5.32 Å². The van der Waals surface area contributed by atoms with Crippen molar-refractivity contribution in [3.05, 3.63) is 51.0 Å². The largest absolute Gasteiger partial charge is 0.355 e. The topological polar surface area (TPSA) is 62.3 Å². The molecule has 126 valence electrons. The molecule has 2 aromatic rings. The van der Waals surface area contributed by atoms with Gasteiger partial charge in [-0.2, -0.15) is 0 Å². The molecular weight excluding hydrogens is 322 g/mol. The van der Waals surface area contributed by atoms with Gasteiger partial charge in [-0.05, 0) is 44.4 Å². The zero-order valence-corrected chi connectivity index (χ0v) is 14.9. The van der Waals surface area contributed by atoms with E-state index in [1.807, 2.05) is 14.0 Å². The molecule has 1 heterocycles. The summed E-state index contributed by atoms with van der Waals surface area (Å²) in [5, 5.41) is 3.64. The van der Waals surface area contributed by atoms with Gasteiger partial charge in [-0.3, -0.25) is 9.59 Å². The molecule has 0 saturated carbocycles. The van der Waals surface area contributed by atoms with Gasteiger partial charge in [-0.25, -0.2) is 4.98 Å². The molecule has 1 aliphatic rings. The minimum absolute atomic E-state index is 0.0651. The zero-order valence-electron chi connectivity index (χ0n) is 14.1. The van der Waals surface area contributed by atoms with Crippen LogP contribution in [0.5, 0.6) is 0 Å². The molecule has 1 aromatic heterocycles. The highest BCUT2D eigenvalue weighted by atomic mass is 32.1. The lowest BCUT2D eigenvalue weighted by Gasteiger charge is -2.30. The van der Waals surface area contributed by atoms with Crippen LogP contribution in [0.25, 0.3) is 0 Å². The summed E-state index contributed by atoms with van der Waals surface area (Å²) in [6.45, 7) is 2.01. The Morgan fingerprint density at radius 3 is 2.83 bits per heavy atom. The Kier molecular flexibility index (Phi) is 4.66. The molecular formula is C18H21N3O2S. The number of aromatic nitrogens is 1. The molecule has 0 aliphatic heterocycles. The molecule has 1 aliphatic carbocycles. The van der Waals surface area contributed by atoms with Crippen LogP contribution in [-0.2, 0) is 6.42 Å². The molecule has 0 bridgehead atoms. The van der Waals surface area contributed by atoms with E-state index >= 15 is 0 Å². The highest BCUT2D eigenvalue weighted by Crippen LogP contribution is 2.37. The highest BCUT2D eigenvalue weighted by Gasteiger charge is 2.30. The summed E-state index contributed by atoms with van der Waals surface area (Å²) in [5.74, 6) is -0.255. The molecule has 3 rings (SSSR count).